The van der Waals surface area contributed by atoms with E-state index >= 15 is 0 Å². The van der Waals surface area contributed by atoms with Crippen molar-refractivity contribution >= 4 is 5.91 Å². The zero-order valence-corrected chi connectivity index (χ0v) is 11.8. The molecule has 1 saturated heterocycles. The van der Waals surface area contributed by atoms with Crippen LogP contribution in [0.4, 0.5) is 0 Å². The number of hydrogen-bond donors (Lipinski definition) is 2. The Morgan fingerprint density at radius 3 is 3.25 bits per heavy atom. The van der Waals surface area contributed by atoms with Crippen molar-refractivity contribution in [3.8, 4) is 0 Å². The molecular formula is C12H22N6O2. The summed E-state index contributed by atoms with van der Waals surface area (Å²) in [6.07, 6.45) is 3.98. The van der Waals surface area contributed by atoms with Crippen molar-refractivity contribution < 1.29 is 9.53 Å². The van der Waals surface area contributed by atoms with Crippen LogP contribution >= 0.6 is 0 Å². The van der Waals surface area contributed by atoms with Gasteiger partial charge in [-0.25, -0.2) is 5.84 Å². The van der Waals surface area contributed by atoms with Crippen molar-refractivity contribution in [1.29, 1.82) is 0 Å². The minimum absolute atomic E-state index is 0.232. The SMILES string of the molecule is CN(CCn1cc(C(=O)NN)nn1)CC1CCCOC1. The first-order valence-corrected chi connectivity index (χ1v) is 6.86. The molecule has 112 valence electrons. The molecule has 2 rings (SSSR count). The third kappa shape index (κ3) is 4.26. The minimum atomic E-state index is -0.427. The zero-order valence-electron chi connectivity index (χ0n) is 11.8. The Morgan fingerprint density at radius 2 is 2.55 bits per heavy atom. The van der Waals surface area contributed by atoms with Crippen molar-refractivity contribution in [3.63, 3.8) is 0 Å². The van der Waals surface area contributed by atoms with E-state index in [1.807, 2.05) is 5.43 Å². The Labute approximate surface area is 118 Å². The van der Waals surface area contributed by atoms with Crippen LogP contribution in [0.3, 0.4) is 0 Å². The van der Waals surface area contributed by atoms with Gasteiger partial charge in [0.25, 0.3) is 5.91 Å². The van der Waals surface area contributed by atoms with Crippen molar-refractivity contribution in [2.24, 2.45) is 11.8 Å². The van der Waals surface area contributed by atoms with Gasteiger partial charge < -0.3 is 9.64 Å². The number of nitrogen functional groups attached to an aromatic ring is 1. The van der Waals surface area contributed by atoms with Crippen LogP contribution < -0.4 is 11.3 Å². The molecule has 0 aliphatic carbocycles. The molecule has 1 atom stereocenters. The fourth-order valence-corrected chi connectivity index (χ4v) is 2.34. The molecule has 1 aliphatic rings. The number of carbonyl (C=O) groups excluding carboxylic acids is 1. The number of nitrogens with zero attached hydrogens (tertiary/aromatic N) is 4. The van der Waals surface area contributed by atoms with Gasteiger partial charge in [0.1, 0.15) is 0 Å². The molecule has 1 aliphatic heterocycles. The van der Waals surface area contributed by atoms with Gasteiger partial charge in [-0.15, -0.1) is 5.10 Å². The van der Waals surface area contributed by atoms with Gasteiger partial charge in [0, 0.05) is 19.7 Å². The molecule has 0 saturated carbocycles. The average molecular weight is 282 g/mol. The summed E-state index contributed by atoms with van der Waals surface area (Å²) in [7, 11) is 2.08. The van der Waals surface area contributed by atoms with E-state index < -0.39 is 5.91 Å². The summed E-state index contributed by atoms with van der Waals surface area (Å²) in [5.74, 6) is 5.23. The zero-order chi connectivity index (χ0) is 14.4. The molecule has 0 spiro atoms. The van der Waals surface area contributed by atoms with E-state index in [0.717, 1.165) is 32.7 Å². The number of nitrogens with two attached hydrogens (primary N) is 1. The van der Waals surface area contributed by atoms with Crippen LogP contribution in [0, 0.1) is 5.92 Å². The summed E-state index contributed by atoms with van der Waals surface area (Å²) in [5.41, 5.74) is 2.27. The topological polar surface area (TPSA) is 98.3 Å². The summed E-state index contributed by atoms with van der Waals surface area (Å²) >= 11 is 0. The van der Waals surface area contributed by atoms with E-state index in [1.165, 1.54) is 6.42 Å². The van der Waals surface area contributed by atoms with Gasteiger partial charge in [-0.05, 0) is 25.8 Å². The highest BCUT2D eigenvalue weighted by Gasteiger charge is 2.16. The van der Waals surface area contributed by atoms with E-state index in [1.54, 1.807) is 10.9 Å². The van der Waals surface area contributed by atoms with E-state index in [9.17, 15) is 4.79 Å². The molecule has 0 radical (unpaired) electrons. The number of amides is 1. The van der Waals surface area contributed by atoms with Gasteiger partial charge in [0.05, 0.1) is 19.3 Å². The highest BCUT2D eigenvalue weighted by atomic mass is 16.5. The maximum absolute atomic E-state index is 11.3. The molecule has 2 heterocycles. The number of carbonyl (C=O) groups is 1. The average Bonchev–Trinajstić information content (AvgIpc) is 2.94. The number of rotatable bonds is 6. The second-order valence-electron chi connectivity index (χ2n) is 5.19. The molecule has 3 N–H and O–H groups in total. The number of likely N-dealkylation sites (N-methyl/N-ethyl adjacent to an activating group) is 1. The lowest BCUT2D eigenvalue weighted by molar-refractivity contribution is 0.0416. The van der Waals surface area contributed by atoms with Crippen LogP contribution in [0.1, 0.15) is 23.3 Å². The monoisotopic (exact) mass is 282 g/mol. The quantitative estimate of drug-likeness (QED) is 0.404. The third-order valence-corrected chi connectivity index (χ3v) is 3.44. The van der Waals surface area contributed by atoms with Crippen LogP contribution in [-0.2, 0) is 11.3 Å². The van der Waals surface area contributed by atoms with Crippen LogP contribution in [0.2, 0.25) is 0 Å². The maximum Gasteiger partial charge on any atom is 0.287 e. The fourth-order valence-electron chi connectivity index (χ4n) is 2.34. The molecule has 1 aromatic rings. The summed E-state index contributed by atoms with van der Waals surface area (Å²) in [6.45, 7) is 4.31. The van der Waals surface area contributed by atoms with E-state index in [2.05, 4.69) is 22.3 Å². The predicted octanol–water partition coefficient (Wildman–Crippen LogP) is -0.760. The smallest absolute Gasteiger partial charge is 0.287 e. The molecular weight excluding hydrogens is 260 g/mol. The Kier molecular flexibility index (Phi) is 5.45. The normalized spacial score (nSPS) is 19.2. The maximum atomic E-state index is 11.3. The summed E-state index contributed by atoms with van der Waals surface area (Å²) < 4.78 is 7.13. The lowest BCUT2D eigenvalue weighted by Gasteiger charge is -2.26. The predicted molar refractivity (Wildman–Crippen MR) is 72.7 cm³/mol. The first kappa shape index (κ1) is 14.9. The molecule has 8 nitrogen and oxygen atoms in total. The molecule has 8 heteroatoms. The number of hydrazine groups is 1. The fraction of sp³-hybridized carbons (Fsp3) is 0.750. The molecule has 1 amide bonds. The first-order valence-electron chi connectivity index (χ1n) is 6.86. The standard InChI is InChI=1S/C12H22N6O2/c1-17(7-10-3-2-6-20-9-10)4-5-18-8-11(15-16-18)12(19)14-13/h8,10H,2-7,9,13H2,1H3,(H,14,19). The molecule has 20 heavy (non-hydrogen) atoms. The van der Waals surface area contributed by atoms with Gasteiger partial charge in [0.15, 0.2) is 5.69 Å². The summed E-state index contributed by atoms with van der Waals surface area (Å²) in [4.78, 5) is 13.5. The number of aromatic nitrogens is 3. The van der Waals surface area contributed by atoms with Gasteiger partial charge in [-0.1, -0.05) is 5.21 Å². The van der Waals surface area contributed by atoms with E-state index in [4.69, 9.17) is 10.6 Å². The van der Waals surface area contributed by atoms with Crippen molar-refractivity contribution in [2.45, 2.75) is 19.4 Å². The highest BCUT2D eigenvalue weighted by molar-refractivity contribution is 5.91. The van der Waals surface area contributed by atoms with Gasteiger partial charge >= 0.3 is 0 Å². The Hall–Kier alpha value is -1.51. The van der Waals surface area contributed by atoms with E-state index in [0.29, 0.717) is 12.5 Å². The second kappa shape index (κ2) is 7.32. The Balaban J connectivity index is 1.73. The molecule has 1 aromatic heterocycles. The second-order valence-corrected chi connectivity index (χ2v) is 5.19. The largest absolute Gasteiger partial charge is 0.381 e. The number of nitrogens with one attached hydrogen (secondary N) is 1. The van der Waals surface area contributed by atoms with Crippen LogP contribution in [-0.4, -0.2) is 59.2 Å². The summed E-state index contributed by atoms with van der Waals surface area (Å²) in [6, 6.07) is 0. The van der Waals surface area contributed by atoms with Crippen molar-refractivity contribution in [3.05, 3.63) is 11.9 Å². The molecule has 0 aromatic carbocycles. The van der Waals surface area contributed by atoms with Gasteiger partial charge in [-0.3, -0.25) is 14.9 Å². The molecule has 1 unspecified atom stereocenters. The number of hydrogen-bond acceptors (Lipinski definition) is 6. The summed E-state index contributed by atoms with van der Waals surface area (Å²) in [5, 5.41) is 7.67. The Morgan fingerprint density at radius 1 is 1.70 bits per heavy atom. The van der Waals surface area contributed by atoms with Gasteiger partial charge in [-0.2, -0.15) is 0 Å². The van der Waals surface area contributed by atoms with Gasteiger partial charge in [0.2, 0.25) is 0 Å². The minimum Gasteiger partial charge on any atom is -0.381 e. The highest BCUT2D eigenvalue weighted by Crippen LogP contribution is 2.14. The third-order valence-electron chi connectivity index (χ3n) is 3.44. The number of ether oxygens (including phenoxy) is 1. The van der Waals surface area contributed by atoms with E-state index in [-0.39, 0.29) is 5.69 Å². The van der Waals surface area contributed by atoms with Crippen LogP contribution in [0.25, 0.3) is 0 Å². The Bertz CT molecular complexity index is 429. The van der Waals surface area contributed by atoms with Crippen molar-refractivity contribution in [2.75, 3.05) is 33.4 Å². The first-order chi connectivity index (χ1) is 9.69. The van der Waals surface area contributed by atoms with Crippen molar-refractivity contribution in [1.82, 2.24) is 25.3 Å². The lowest BCUT2D eigenvalue weighted by atomic mass is 10.0. The lowest BCUT2D eigenvalue weighted by Crippen LogP contribution is -2.33. The molecule has 1 fully saturated rings. The molecule has 0 bridgehead atoms. The van der Waals surface area contributed by atoms with Crippen LogP contribution in [0.15, 0.2) is 6.20 Å². The van der Waals surface area contributed by atoms with Crippen LogP contribution in [0.5, 0.6) is 0 Å².